The molecule has 2 N–H and O–H groups in total. The first-order valence-corrected chi connectivity index (χ1v) is 7.63. The molecule has 1 aliphatic heterocycles. The first kappa shape index (κ1) is 15.9. The highest BCUT2D eigenvalue weighted by molar-refractivity contribution is 6.03. The molecule has 124 valence electrons. The van der Waals surface area contributed by atoms with Gasteiger partial charge in [-0.05, 0) is 35.7 Å². The molecule has 0 spiro atoms. The van der Waals surface area contributed by atoms with Crippen molar-refractivity contribution in [2.75, 3.05) is 23.9 Å². The summed E-state index contributed by atoms with van der Waals surface area (Å²) < 4.78 is 5.27. The molecule has 1 heterocycles. The number of carboxylic acid groups (broad SMARTS) is 1. The number of nitrogens with one attached hydrogen (secondary N) is 1. The first-order chi connectivity index (χ1) is 11.6. The maximum atomic E-state index is 12.6. The van der Waals surface area contributed by atoms with Gasteiger partial charge in [-0.25, -0.2) is 4.79 Å². The number of carbonyl (C=O) groups is 2. The van der Waals surface area contributed by atoms with E-state index >= 15 is 0 Å². The van der Waals surface area contributed by atoms with Crippen molar-refractivity contribution in [1.29, 1.82) is 0 Å². The minimum Gasteiger partial charge on any atom is -0.495 e. The number of hydrogen-bond acceptors (Lipinski definition) is 3. The van der Waals surface area contributed by atoms with Crippen LogP contribution in [0.5, 0.6) is 5.75 Å². The zero-order valence-electron chi connectivity index (χ0n) is 13.3. The number of amides is 2. The van der Waals surface area contributed by atoms with Crippen LogP contribution < -0.4 is 15.0 Å². The van der Waals surface area contributed by atoms with Crippen molar-refractivity contribution in [3.05, 3.63) is 53.6 Å². The quantitative estimate of drug-likeness (QED) is 0.905. The second-order valence-electron chi connectivity index (χ2n) is 5.57. The van der Waals surface area contributed by atoms with Crippen molar-refractivity contribution in [2.45, 2.75) is 12.8 Å². The molecule has 0 bridgehead atoms. The lowest BCUT2D eigenvalue weighted by molar-refractivity contribution is -0.136. The Morgan fingerprint density at radius 2 is 2.04 bits per heavy atom. The molecule has 2 aromatic carbocycles. The molecule has 2 amide bonds. The van der Waals surface area contributed by atoms with E-state index in [2.05, 4.69) is 5.32 Å². The van der Waals surface area contributed by atoms with Gasteiger partial charge in [-0.1, -0.05) is 24.3 Å². The molecule has 0 aliphatic carbocycles. The van der Waals surface area contributed by atoms with Gasteiger partial charge < -0.3 is 15.2 Å². The number of benzene rings is 2. The number of rotatable bonds is 4. The van der Waals surface area contributed by atoms with E-state index in [9.17, 15) is 9.59 Å². The Balaban J connectivity index is 1.78. The van der Waals surface area contributed by atoms with Crippen molar-refractivity contribution in [2.24, 2.45) is 0 Å². The molecule has 0 unspecified atom stereocenters. The third kappa shape index (κ3) is 3.17. The number of hydrogen-bond donors (Lipinski definition) is 2. The Morgan fingerprint density at radius 1 is 1.25 bits per heavy atom. The predicted octanol–water partition coefficient (Wildman–Crippen LogP) is 2.92. The molecule has 6 heteroatoms. The third-order valence-electron chi connectivity index (χ3n) is 4.00. The minimum atomic E-state index is -0.914. The van der Waals surface area contributed by atoms with Crippen LogP contribution in [0.3, 0.4) is 0 Å². The average molecular weight is 326 g/mol. The van der Waals surface area contributed by atoms with Gasteiger partial charge in [-0.2, -0.15) is 0 Å². The molecule has 6 nitrogen and oxygen atoms in total. The van der Waals surface area contributed by atoms with Crippen LogP contribution in [0.2, 0.25) is 0 Å². The molecule has 0 fully saturated rings. The minimum absolute atomic E-state index is 0.0932. The number of fused-ring (bicyclic) bond motifs is 1. The van der Waals surface area contributed by atoms with E-state index in [0.29, 0.717) is 23.5 Å². The van der Waals surface area contributed by atoms with Crippen molar-refractivity contribution in [3.8, 4) is 5.75 Å². The summed E-state index contributed by atoms with van der Waals surface area (Å²) >= 11 is 0. The number of methoxy groups -OCH3 is 1. The number of nitrogens with zero attached hydrogens (tertiary/aromatic N) is 1. The summed E-state index contributed by atoms with van der Waals surface area (Å²) in [5, 5.41) is 11.7. The summed E-state index contributed by atoms with van der Waals surface area (Å²) in [4.78, 5) is 25.1. The Hall–Kier alpha value is -3.02. The lowest BCUT2D eigenvalue weighted by Crippen LogP contribution is -2.33. The Kier molecular flexibility index (Phi) is 4.37. The molecular weight excluding hydrogens is 308 g/mol. The van der Waals surface area contributed by atoms with Gasteiger partial charge in [-0.15, -0.1) is 0 Å². The van der Waals surface area contributed by atoms with E-state index < -0.39 is 5.97 Å². The molecule has 0 aromatic heterocycles. The summed E-state index contributed by atoms with van der Waals surface area (Å²) in [6.07, 6.45) is 0.738. The number of anilines is 2. The van der Waals surface area contributed by atoms with Gasteiger partial charge in [0.05, 0.1) is 19.2 Å². The molecule has 24 heavy (non-hydrogen) atoms. The Morgan fingerprint density at radius 3 is 2.79 bits per heavy atom. The van der Waals surface area contributed by atoms with E-state index in [0.717, 1.165) is 17.7 Å². The zero-order chi connectivity index (χ0) is 17.1. The van der Waals surface area contributed by atoms with Gasteiger partial charge in [0.1, 0.15) is 5.75 Å². The summed E-state index contributed by atoms with van der Waals surface area (Å²) in [5.74, 6) is -0.475. The second-order valence-corrected chi connectivity index (χ2v) is 5.57. The number of carboxylic acids is 1. The van der Waals surface area contributed by atoms with Crippen molar-refractivity contribution >= 4 is 23.4 Å². The van der Waals surface area contributed by atoms with Gasteiger partial charge in [-0.3, -0.25) is 9.69 Å². The molecule has 0 radical (unpaired) electrons. The highest BCUT2D eigenvalue weighted by Crippen LogP contribution is 2.30. The van der Waals surface area contributed by atoms with Crippen molar-refractivity contribution in [3.63, 3.8) is 0 Å². The van der Waals surface area contributed by atoms with Gasteiger partial charge in [0, 0.05) is 12.2 Å². The largest absolute Gasteiger partial charge is 0.495 e. The number of para-hydroxylation sites is 1. The number of urea groups is 1. The van der Waals surface area contributed by atoms with E-state index in [4.69, 9.17) is 9.84 Å². The maximum absolute atomic E-state index is 12.6. The van der Waals surface area contributed by atoms with Crippen LogP contribution in [0.15, 0.2) is 42.5 Å². The van der Waals surface area contributed by atoms with E-state index in [1.165, 1.54) is 7.11 Å². The van der Waals surface area contributed by atoms with Gasteiger partial charge in [0.15, 0.2) is 0 Å². The maximum Gasteiger partial charge on any atom is 0.326 e. The van der Waals surface area contributed by atoms with Crippen LogP contribution in [0.25, 0.3) is 0 Å². The van der Waals surface area contributed by atoms with Crippen molar-refractivity contribution < 1.29 is 19.4 Å². The molecule has 0 saturated carbocycles. The second kappa shape index (κ2) is 6.62. The standard InChI is InChI=1S/C18H18N2O4/c1-24-16-10-12(11-17(21)22)6-7-14(16)19-18(23)20-9-8-13-4-2-3-5-15(13)20/h2-7,10H,8-9,11H2,1H3,(H,19,23)(H,21,22). The van der Waals surface area contributed by atoms with Gasteiger partial charge in [0.2, 0.25) is 0 Å². The fourth-order valence-electron chi connectivity index (χ4n) is 2.86. The number of carbonyl (C=O) groups excluding carboxylic acids is 1. The van der Waals surface area contributed by atoms with Crippen LogP contribution in [-0.4, -0.2) is 30.8 Å². The van der Waals surface area contributed by atoms with E-state index in [-0.39, 0.29) is 12.5 Å². The normalized spacial score (nSPS) is 12.6. The van der Waals surface area contributed by atoms with Gasteiger partial charge >= 0.3 is 12.0 Å². The first-order valence-electron chi connectivity index (χ1n) is 7.63. The highest BCUT2D eigenvalue weighted by Gasteiger charge is 2.24. The molecule has 0 atom stereocenters. The van der Waals surface area contributed by atoms with Gasteiger partial charge in [0.25, 0.3) is 0 Å². The number of aliphatic carboxylic acids is 1. The molecule has 1 aliphatic rings. The third-order valence-corrected chi connectivity index (χ3v) is 4.00. The Bertz CT molecular complexity index is 788. The lowest BCUT2D eigenvalue weighted by atomic mass is 10.1. The summed E-state index contributed by atoms with van der Waals surface area (Å²) in [5.41, 5.74) is 3.19. The van der Waals surface area contributed by atoms with Crippen LogP contribution >= 0.6 is 0 Å². The summed E-state index contributed by atoms with van der Waals surface area (Å²) in [7, 11) is 1.49. The predicted molar refractivity (Wildman–Crippen MR) is 90.8 cm³/mol. The molecule has 2 aromatic rings. The Labute approximate surface area is 139 Å². The van der Waals surface area contributed by atoms with Crippen LogP contribution in [0, 0.1) is 0 Å². The fourth-order valence-corrected chi connectivity index (χ4v) is 2.86. The SMILES string of the molecule is COc1cc(CC(=O)O)ccc1NC(=O)N1CCc2ccccc21. The van der Waals surface area contributed by atoms with E-state index in [1.807, 2.05) is 24.3 Å². The molecule has 3 rings (SSSR count). The average Bonchev–Trinajstić information content (AvgIpc) is 2.99. The van der Waals surface area contributed by atoms with Crippen LogP contribution in [0.1, 0.15) is 11.1 Å². The smallest absolute Gasteiger partial charge is 0.326 e. The summed E-state index contributed by atoms with van der Waals surface area (Å²) in [6, 6.07) is 12.5. The zero-order valence-corrected chi connectivity index (χ0v) is 13.3. The van der Waals surface area contributed by atoms with Crippen molar-refractivity contribution in [1.82, 2.24) is 0 Å². The molecular formula is C18H18N2O4. The fraction of sp³-hybridized carbons (Fsp3) is 0.222. The monoisotopic (exact) mass is 326 g/mol. The van der Waals surface area contributed by atoms with E-state index in [1.54, 1.807) is 23.1 Å². The number of ether oxygens (including phenoxy) is 1. The topological polar surface area (TPSA) is 78.9 Å². The van der Waals surface area contributed by atoms with Crippen LogP contribution in [0.4, 0.5) is 16.2 Å². The van der Waals surface area contributed by atoms with Crippen LogP contribution in [-0.2, 0) is 17.6 Å². The highest BCUT2D eigenvalue weighted by atomic mass is 16.5. The summed E-state index contributed by atoms with van der Waals surface area (Å²) in [6.45, 7) is 0.630. The lowest BCUT2D eigenvalue weighted by Gasteiger charge is -2.19. The molecule has 0 saturated heterocycles.